The molecule has 3 aromatic rings. The number of hydrogen-bond acceptors (Lipinski definition) is 7. The van der Waals surface area contributed by atoms with Crippen LogP contribution in [0.1, 0.15) is 0 Å². The van der Waals surface area contributed by atoms with Crippen molar-refractivity contribution < 1.29 is 14.2 Å². The Morgan fingerprint density at radius 3 is 2.41 bits per heavy atom. The Labute approximate surface area is 126 Å². The highest BCUT2D eigenvalue weighted by molar-refractivity contribution is 5.88. The van der Waals surface area contributed by atoms with Gasteiger partial charge >= 0.3 is 6.01 Å². The molecule has 0 aliphatic heterocycles. The van der Waals surface area contributed by atoms with Crippen molar-refractivity contribution in [2.24, 2.45) is 0 Å². The Balaban J connectivity index is 2.18. The monoisotopic (exact) mass is 298 g/mol. The highest BCUT2D eigenvalue weighted by Crippen LogP contribution is 2.32. The molecule has 0 saturated heterocycles. The van der Waals surface area contributed by atoms with Crippen LogP contribution in [0.25, 0.3) is 22.0 Å². The predicted molar refractivity (Wildman–Crippen MR) is 80.2 cm³/mol. The van der Waals surface area contributed by atoms with Gasteiger partial charge in [0.25, 0.3) is 0 Å². The molecule has 0 aliphatic carbocycles. The highest BCUT2D eigenvalue weighted by Gasteiger charge is 2.12. The maximum atomic E-state index is 5.32. The van der Waals surface area contributed by atoms with Crippen molar-refractivity contribution >= 4 is 10.9 Å². The minimum Gasteiger partial charge on any atom is -0.480 e. The minimum absolute atomic E-state index is 0.252. The van der Waals surface area contributed by atoms with Crippen LogP contribution in [0, 0.1) is 0 Å². The summed E-state index contributed by atoms with van der Waals surface area (Å²) >= 11 is 0. The van der Waals surface area contributed by atoms with Crippen molar-refractivity contribution in [2.45, 2.75) is 0 Å². The molecule has 0 bridgehead atoms. The number of fused-ring (bicyclic) bond motifs is 1. The predicted octanol–water partition coefficient (Wildman–Crippen LogP) is 2.11. The van der Waals surface area contributed by atoms with Gasteiger partial charge in [-0.05, 0) is 17.7 Å². The van der Waals surface area contributed by atoms with Crippen molar-refractivity contribution in [3.63, 3.8) is 0 Å². The summed E-state index contributed by atoms with van der Waals surface area (Å²) in [4.78, 5) is 16.7. The highest BCUT2D eigenvalue weighted by atomic mass is 16.5. The lowest BCUT2D eigenvalue weighted by molar-refractivity contribution is 0.353. The fourth-order valence-corrected chi connectivity index (χ4v) is 2.17. The first-order chi connectivity index (χ1) is 10.8. The fourth-order valence-electron chi connectivity index (χ4n) is 2.17. The van der Waals surface area contributed by atoms with Crippen LogP contribution < -0.4 is 14.2 Å². The number of rotatable bonds is 4. The van der Waals surface area contributed by atoms with Crippen LogP contribution in [-0.4, -0.2) is 41.3 Å². The molecule has 0 spiro atoms. The van der Waals surface area contributed by atoms with Gasteiger partial charge in [-0.1, -0.05) is 6.07 Å². The number of nitrogens with zero attached hydrogens (tertiary/aromatic N) is 4. The largest absolute Gasteiger partial charge is 0.480 e. The summed E-state index contributed by atoms with van der Waals surface area (Å²) in [5, 5.41) is 0.806. The lowest BCUT2D eigenvalue weighted by atomic mass is 10.1. The van der Waals surface area contributed by atoms with Gasteiger partial charge in [0.2, 0.25) is 11.8 Å². The molecule has 7 nitrogen and oxygen atoms in total. The summed E-state index contributed by atoms with van der Waals surface area (Å²) < 4.78 is 15.6. The zero-order valence-electron chi connectivity index (χ0n) is 12.4. The van der Waals surface area contributed by atoms with E-state index < -0.39 is 0 Å². The van der Waals surface area contributed by atoms with Crippen LogP contribution in [-0.2, 0) is 0 Å². The Bertz CT molecular complexity index is 823. The van der Waals surface area contributed by atoms with Crippen LogP contribution >= 0.6 is 0 Å². The van der Waals surface area contributed by atoms with E-state index in [1.165, 1.54) is 13.4 Å². The summed E-state index contributed by atoms with van der Waals surface area (Å²) in [5.41, 5.74) is 2.42. The first-order valence-corrected chi connectivity index (χ1v) is 6.51. The van der Waals surface area contributed by atoms with E-state index in [2.05, 4.69) is 19.9 Å². The van der Waals surface area contributed by atoms with Gasteiger partial charge in [-0.3, -0.25) is 0 Å². The zero-order chi connectivity index (χ0) is 15.5. The van der Waals surface area contributed by atoms with E-state index in [1.54, 1.807) is 20.4 Å². The summed E-state index contributed by atoms with van der Waals surface area (Å²) in [5.74, 6) is 0.947. The molecule has 3 rings (SSSR count). The molecular weight excluding hydrogens is 284 g/mol. The van der Waals surface area contributed by atoms with Crippen molar-refractivity contribution in [1.82, 2.24) is 19.9 Å². The van der Waals surface area contributed by atoms with E-state index in [0.29, 0.717) is 11.8 Å². The SMILES string of the molecule is COc1ncc(-c2ccc3ncnc(OC)c3c2)c(OC)n1. The maximum Gasteiger partial charge on any atom is 0.319 e. The van der Waals surface area contributed by atoms with Gasteiger partial charge in [0.15, 0.2) is 0 Å². The molecule has 0 aliphatic rings. The lowest BCUT2D eigenvalue weighted by Gasteiger charge is -2.10. The van der Waals surface area contributed by atoms with Crippen LogP contribution in [0.4, 0.5) is 0 Å². The number of ether oxygens (including phenoxy) is 3. The number of benzene rings is 1. The van der Waals surface area contributed by atoms with Gasteiger partial charge < -0.3 is 14.2 Å². The first kappa shape index (κ1) is 14.0. The van der Waals surface area contributed by atoms with E-state index in [4.69, 9.17) is 14.2 Å². The van der Waals surface area contributed by atoms with E-state index in [0.717, 1.165) is 22.0 Å². The zero-order valence-corrected chi connectivity index (χ0v) is 12.4. The third-order valence-corrected chi connectivity index (χ3v) is 3.21. The fraction of sp³-hybridized carbons (Fsp3) is 0.200. The first-order valence-electron chi connectivity index (χ1n) is 6.51. The molecule has 0 unspecified atom stereocenters. The molecule has 0 N–H and O–H groups in total. The third-order valence-electron chi connectivity index (χ3n) is 3.21. The van der Waals surface area contributed by atoms with Crippen molar-refractivity contribution in [3.05, 3.63) is 30.7 Å². The number of hydrogen-bond donors (Lipinski definition) is 0. The second-order valence-electron chi connectivity index (χ2n) is 4.39. The van der Waals surface area contributed by atoms with Gasteiger partial charge in [0.05, 0.1) is 37.8 Å². The summed E-state index contributed by atoms with van der Waals surface area (Å²) in [6.45, 7) is 0. The molecular formula is C15H14N4O3. The maximum absolute atomic E-state index is 5.32. The van der Waals surface area contributed by atoms with Crippen LogP contribution in [0.3, 0.4) is 0 Å². The van der Waals surface area contributed by atoms with Crippen molar-refractivity contribution in [1.29, 1.82) is 0 Å². The minimum atomic E-state index is 0.252. The second kappa shape index (κ2) is 5.80. The Morgan fingerprint density at radius 1 is 0.864 bits per heavy atom. The average molecular weight is 298 g/mol. The Kier molecular flexibility index (Phi) is 3.69. The number of methoxy groups -OCH3 is 3. The molecule has 0 fully saturated rings. The smallest absolute Gasteiger partial charge is 0.319 e. The number of aromatic nitrogens is 4. The molecule has 0 amide bonds. The van der Waals surface area contributed by atoms with E-state index in [1.807, 2.05) is 18.2 Å². The second-order valence-corrected chi connectivity index (χ2v) is 4.39. The quantitative estimate of drug-likeness (QED) is 0.729. The van der Waals surface area contributed by atoms with Crippen molar-refractivity contribution in [2.75, 3.05) is 21.3 Å². The molecule has 2 aromatic heterocycles. The molecule has 0 saturated carbocycles. The molecule has 0 radical (unpaired) electrons. The molecule has 22 heavy (non-hydrogen) atoms. The summed E-state index contributed by atoms with van der Waals surface area (Å²) in [7, 11) is 4.63. The van der Waals surface area contributed by atoms with Crippen LogP contribution in [0.5, 0.6) is 17.8 Å². The molecule has 2 heterocycles. The third kappa shape index (κ3) is 2.37. The van der Waals surface area contributed by atoms with E-state index in [9.17, 15) is 0 Å². The Morgan fingerprint density at radius 2 is 1.68 bits per heavy atom. The van der Waals surface area contributed by atoms with Crippen molar-refractivity contribution in [3.8, 4) is 28.9 Å². The molecule has 0 atom stereocenters. The van der Waals surface area contributed by atoms with Crippen LogP contribution in [0.15, 0.2) is 30.7 Å². The normalized spacial score (nSPS) is 10.5. The summed E-state index contributed by atoms with van der Waals surface area (Å²) in [6.07, 6.45) is 3.13. The van der Waals surface area contributed by atoms with E-state index in [-0.39, 0.29) is 6.01 Å². The topological polar surface area (TPSA) is 79.3 Å². The van der Waals surface area contributed by atoms with Gasteiger partial charge in [-0.2, -0.15) is 4.98 Å². The average Bonchev–Trinajstić information content (AvgIpc) is 2.60. The standard InChI is InChI=1S/C15H14N4O3/c1-20-13-10-6-9(4-5-12(10)17-8-18-13)11-7-16-15(22-3)19-14(11)21-2/h4-8H,1-3H3. The molecule has 112 valence electrons. The Hall–Kier alpha value is -2.96. The lowest BCUT2D eigenvalue weighted by Crippen LogP contribution is -1.98. The van der Waals surface area contributed by atoms with Gasteiger partial charge in [-0.15, -0.1) is 0 Å². The van der Waals surface area contributed by atoms with E-state index >= 15 is 0 Å². The molecule has 1 aromatic carbocycles. The summed E-state index contributed by atoms with van der Waals surface area (Å²) in [6, 6.07) is 5.98. The van der Waals surface area contributed by atoms with Gasteiger partial charge in [0, 0.05) is 6.20 Å². The van der Waals surface area contributed by atoms with Gasteiger partial charge in [-0.25, -0.2) is 15.0 Å². The van der Waals surface area contributed by atoms with Gasteiger partial charge in [0.1, 0.15) is 6.33 Å². The molecule has 7 heteroatoms. The van der Waals surface area contributed by atoms with Crippen LogP contribution in [0.2, 0.25) is 0 Å².